The van der Waals surface area contributed by atoms with Gasteiger partial charge in [-0.2, -0.15) is 0 Å². The molecular formula is C18H19ClN4O2. The Bertz CT molecular complexity index is 876. The zero-order chi connectivity index (χ0) is 17.8. The zero-order valence-corrected chi connectivity index (χ0v) is 14.8. The molecule has 6 nitrogen and oxygen atoms in total. The number of hydrogen-bond acceptors (Lipinski definition) is 4. The highest BCUT2D eigenvalue weighted by Gasteiger charge is 2.09. The molecule has 1 N–H and O–H groups in total. The van der Waals surface area contributed by atoms with E-state index in [0.717, 1.165) is 12.1 Å². The monoisotopic (exact) mass is 358 g/mol. The first kappa shape index (κ1) is 17.2. The maximum absolute atomic E-state index is 12.1. The van der Waals surface area contributed by atoms with Gasteiger partial charge in [0.1, 0.15) is 11.0 Å². The van der Waals surface area contributed by atoms with Gasteiger partial charge in [0.05, 0.1) is 0 Å². The molecule has 3 rings (SSSR count). The van der Waals surface area contributed by atoms with Crippen LogP contribution in [0.3, 0.4) is 0 Å². The summed E-state index contributed by atoms with van der Waals surface area (Å²) in [5, 5.41) is 11.2. The maximum Gasteiger partial charge on any atom is 0.265 e. The number of carbonyl (C=O) groups excluding carboxylic acids is 1. The SMILES string of the molecule is CCC(C)c1ccc(NC(=O)COn2nnc3ccc(Cl)cc32)cc1. The average Bonchev–Trinajstić information content (AvgIpc) is 3.02. The van der Waals surface area contributed by atoms with E-state index in [1.54, 1.807) is 18.2 Å². The van der Waals surface area contributed by atoms with Gasteiger partial charge in [-0.1, -0.05) is 42.4 Å². The van der Waals surface area contributed by atoms with Gasteiger partial charge in [0, 0.05) is 10.7 Å². The molecule has 1 aromatic heterocycles. The molecule has 0 bridgehead atoms. The fraction of sp³-hybridized carbons (Fsp3) is 0.278. The highest BCUT2D eigenvalue weighted by atomic mass is 35.5. The highest BCUT2D eigenvalue weighted by Crippen LogP contribution is 2.20. The molecule has 1 atom stereocenters. The number of rotatable bonds is 6. The number of nitrogens with one attached hydrogen (secondary N) is 1. The summed E-state index contributed by atoms with van der Waals surface area (Å²) in [5.41, 5.74) is 3.23. The van der Waals surface area contributed by atoms with Crippen LogP contribution in [0.4, 0.5) is 5.69 Å². The van der Waals surface area contributed by atoms with Crippen molar-refractivity contribution >= 4 is 34.2 Å². The number of hydrogen-bond donors (Lipinski definition) is 1. The van der Waals surface area contributed by atoms with Crippen molar-refractivity contribution in [3.8, 4) is 0 Å². The lowest BCUT2D eigenvalue weighted by molar-refractivity contribution is -0.121. The predicted octanol–water partition coefficient (Wildman–Crippen LogP) is 3.67. The van der Waals surface area contributed by atoms with E-state index in [4.69, 9.17) is 16.4 Å². The molecule has 0 fully saturated rings. The van der Waals surface area contributed by atoms with E-state index >= 15 is 0 Å². The van der Waals surface area contributed by atoms with E-state index in [0.29, 0.717) is 22.0 Å². The second-order valence-corrected chi connectivity index (χ2v) is 6.28. The first-order valence-electron chi connectivity index (χ1n) is 8.11. The van der Waals surface area contributed by atoms with Crippen LogP contribution in [-0.4, -0.2) is 27.7 Å². The van der Waals surface area contributed by atoms with Crippen molar-refractivity contribution in [3.63, 3.8) is 0 Å². The Hall–Kier alpha value is -2.60. The second-order valence-electron chi connectivity index (χ2n) is 5.85. The minimum absolute atomic E-state index is 0.182. The second kappa shape index (κ2) is 7.53. The van der Waals surface area contributed by atoms with Crippen LogP contribution >= 0.6 is 11.6 Å². The van der Waals surface area contributed by atoms with E-state index in [1.807, 2.05) is 24.3 Å². The van der Waals surface area contributed by atoms with Gasteiger partial charge in [-0.15, -0.1) is 5.10 Å². The summed E-state index contributed by atoms with van der Waals surface area (Å²) < 4.78 is 0. The molecule has 7 heteroatoms. The third-order valence-electron chi connectivity index (χ3n) is 4.07. The van der Waals surface area contributed by atoms with Crippen molar-refractivity contribution in [1.29, 1.82) is 0 Å². The van der Waals surface area contributed by atoms with Gasteiger partial charge in [-0.3, -0.25) is 4.79 Å². The molecule has 25 heavy (non-hydrogen) atoms. The number of amides is 1. The molecule has 0 radical (unpaired) electrons. The van der Waals surface area contributed by atoms with Gasteiger partial charge in [-0.25, -0.2) is 0 Å². The van der Waals surface area contributed by atoms with Crippen molar-refractivity contribution in [2.24, 2.45) is 0 Å². The van der Waals surface area contributed by atoms with E-state index < -0.39 is 0 Å². The molecule has 0 spiro atoms. The summed E-state index contributed by atoms with van der Waals surface area (Å²) >= 11 is 5.96. The molecule has 0 aliphatic rings. The van der Waals surface area contributed by atoms with Gasteiger partial charge in [0.2, 0.25) is 0 Å². The predicted molar refractivity (Wildman–Crippen MR) is 97.8 cm³/mol. The Balaban J connectivity index is 1.60. The van der Waals surface area contributed by atoms with E-state index in [9.17, 15) is 4.79 Å². The van der Waals surface area contributed by atoms with Crippen molar-refractivity contribution < 1.29 is 9.63 Å². The molecule has 1 heterocycles. The van der Waals surface area contributed by atoms with Gasteiger partial charge in [0.25, 0.3) is 5.91 Å². The molecule has 0 aliphatic carbocycles. The lowest BCUT2D eigenvalue weighted by Crippen LogP contribution is -2.26. The third kappa shape index (κ3) is 4.09. The quantitative estimate of drug-likeness (QED) is 0.730. The minimum atomic E-state index is -0.276. The van der Waals surface area contributed by atoms with Crippen LogP contribution in [0.5, 0.6) is 0 Å². The molecule has 1 amide bonds. The molecule has 3 aromatic rings. The van der Waals surface area contributed by atoms with Crippen LogP contribution in [0, 0.1) is 0 Å². The Morgan fingerprint density at radius 1 is 1.28 bits per heavy atom. The number of halogens is 1. The maximum atomic E-state index is 12.1. The lowest BCUT2D eigenvalue weighted by atomic mass is 9.99. The molecule has 1 unspecified atom stereocenters. The first-order valence-corrected chi connectivity index (χ1v) is 8.48. The largest absolute Gasteiger partial charge is 0.385 e. The van der Waals surface area contributed by atoms with Crippen LogP contribution in [-0.2, 0) is 4.79 Å². The Morgan fingerprint density at radius 3 is 2.76 bits per heavy atom. The summed E-state index contributed by atoms with van der Waals surface area (Å²) in [5.74, 6) is 0.225. The molecular weight excluding hydrogens is 340 g/mol. The lowest BCUT2D eigenvalue weighted by Gasteiger charge is -2.11. The normalized spacial score (nSPS) is 12.1. The number of benzene rings is 2. The smallest absolute Gasteiger partial charge is 0.265 e. The third-order valence-corrected chi connectivity index (χ3v) is 4.31. The van der Waals surface area contributed by atoms with Crippen LogP contribution in [0.2, 0.25) is 5.02 Å². The standard InChI is InChI=1S/C18H19ClN4O2/c1-3-12(2)13-4-7-15(8-5-13)20-18(24)11-25-23-17-10-14(19)6-9-16(17)21-22-23/h4-10,12H,3,11H2,1-2H3,(H,20,24). The van der Waals surface area contributed by atoms with Gasteiger partial charge < -0.3 is 10.2 Å². The summed E-state index contributed by atoms with van der Waals surface area (Å²) in [7, 11) is 0. The molecule has 130 valence electrons. The fourth-order valence-corrected chi connectivity index (χ4v) is 2.58. The molecule has 0 aliphatic heterocycles. The first-order chi connectivity index (χ1) is 12.1. The number of nitrogens with zero attached hydrogens (tertiary/aromatic N) is 3. The number of aromatic nitrogens is 3. The van der Waals surface area contributed by atoms with Crippen molar-refractivity contribution in [2.45, 2.75) is 26.2 Å². The summed E-state index contributed by atoms with van der Waals surface area (Å²) in [4.78, 5) is 18.7. The fourth-order valence-electron chi connectivity index (χ4n) is 2.41. The summed E-state index contributed by atoms with van der Waals surface area (Å²) in [6, 6.07) is 13.0. The number of fused-ring (bicyclic) bond motifs is 1. The van der Waals surface area contributed by atoms with Gasteiger partial charge >= 0.3 is 0 Å². The van der Waals surface area contributed by atoms with Crippen LogP contribution < -0.4 is 10.2 Å². The van der Waals surface area contributed by atoms with Crippen molar-refractivity contribution in [1.82, 2.24) is 15.2 Å². The topological polar surface area (TPSA) is 69.0 Å². The van der Waals surface area contributed by atoms with Crippen LogP contribution in [0.25, 0.3) is 11.0 Å². The zero-order valence-electron chi connectivity index (χ0n) is 14.1. The number of anilines is 1. The van der Waals surface area contributed by atoms with Crippen molar-refractivity contribution in [3.05, 3.63) is 53.1 Å². The van der Waals surface area contributed by atoms with Crippen LogP contribution in [0.15, 0.2) is 42.5 Å². The molecule has 2 aromatic carbocycles. The summed E-state index contributed by atoms with van der Waals surface area (Å²) in [6.07, 6.45) is 1.08. The van der Waals surface area contributed by atoms with Gasteiger partial charge in [-0.05, 0) is 53.4 Å². The molecule has 0 saturated carbocycles. The Morgan fingerprint density at radius 2 is 2.04 bits per heavy atom. The highest BCUT2D eigenvalue weighted by molar-refractivity contribution is 6.31. The van der Waals surface area contributed by atoms with E-state index in [-0.39, 0.29) is 12.5 Å². The molecule has 0 saturated heterocycles. The Kier molecular flexibility index (Phi) is 5.19. The van der Waals surface area contributed by atoms with E-state index in [2.05, 4.69) is 29.5 Å². The van der Waals surface area contributed by atoms with E-state index in [1.165, 1.54) is 10.4 Å². The minimum Gasteiger partial charge on any atom is -0.385 e. The van der Waals surface area contributed by atoms with Crippen molar-refractivity contribution in [2.75, 3.05) is 11.9 Å². The summed E-state index contributed by atoms with van der Waals surface area (Å²) in [6.45, 7) is 4.15. The van der Waals surface area contributed by atoms with Crippen LogP contribution in [0.1, 0.15) is 31.7 Å². The number of carbonyl (C=O) groups is 1. The average molecular weight is 359 g/mol. The Labute approximate surface area is 150 Å². The van der Waals surface area contributed by atoms with Gasteiger partial charge in [0.15, 0.2) is 6.61 Å².